The fourth-order valence-corrected chi connectivity index (χ4v) is 2.21. The van der Waals surface area contributed by atoms with Gasteiger partial charge in [-0.15, -0.1) is 0 Å². The standard InChI is InChI=1S/C9H14O3/c1-8-4-3-6(10)9(2,12-8)5-7(8)11/h6,10H,3-5H2,1-2H3/t6-,8+,9+/m0/s1. The maximum Gasteiger partial charge on any atom is 0.167 e. The van der Waals surface area contributed by atoms with Gasteiger partial charge in [0.25, 0.3) is 0 Å². The minimum absolute atomic E-state index is 0.140. The van der Waals surface area contributed by atoms with Crippen molar-refractivity contribution in [2.24, 2.45) is 0 Å². The van der Waals surface area contributed by atoms with Gasteiger partial charge < -0.3 is 9.84 Å². The van der Waals surface area contributed by atoms with Crippen LogP contribution in [0.3, 0.4) is 0 Å². The summed E-state index contributed by atoms with van der Waals surface area (Å²) in [4.78, 5) is 11.5. The van der Waals surface area contributed by atoms with Gasteiger partial charge in [0.05, 0.1) is 11.7 Å². The molecule has 2 heterocycles. The smallest absolute Gasteiger partial charge is 0.167 e. The zero-order chi connectivity index (χ0) is 8.98. The number of Topliss-reactive ketones (excluding diaryl/α,β-unsaturated/α-hetero) is 1. The molecular formula is C9H14O3. The number of hydrogen-bond acceptors (Lipinski definition) is 3. The van der Waals surface area contributed by atoms with E-state index >= 15 is 0 Å². The lowest BCUT2D eigenvalue weighted by Gasteiger charge is -2.38. The fraction of sp³-hybridized carbons (Fsp3) is 0.889. The average Bonchev–Trinajstić information content (AvgIpc) is 2.15. The van der Waals surface area contributed by atoms with E-state index in [2.05, 4.69) is 0 Å². The van der Waals surface area contributed by atoms with Crippen molar-refractivity contribution in [3.05, 3.63) is 0 Å². The maximum atomic E-state index is 11.5. The molecule has 0 aliphatic carbocycles. The van der Waals surface area contributed by atoms with Gasteiger partial charge in [0.1, 0.15) is 5.60 Å². The van der Waals surface area contributed by atoms with Crippen LogP contribution in [0.1, 0.15) is 33.1 Å². The Morgan fingerprint density at radius 3 is 2.83 bits per heavy atom. The third-order valence-corrected chi connectivity index (χ3v) is 3.16. The molecule has 2 aliphatic heterocycles. The van der Waals surface area contributed by atoms with Crippen molar-refractivity contribution in [3.63, 3.8) is 0 Å². The number of carbonyl (C=O) groups excluding carboxylic acids is 1. The molecule has 3 atom stereocenters. The summed E-state index contributed by atoms with van der Waals surface area (Å²) in [5.74, 6) is 0.140. The van der Waals surface area contributed by atoms with Crippen LogP contribution in [0.5, 0.6) is 0 Å². The Bertz CT molecular complexity index is 238. The van der Waals surface area contributed by atoms with Crippen LogP contribution in [0.25, 0.3) is 0 Å². The minimum atomic E-state index is -0.607. The van der Waals surface area contributed by atoms with E-state index in [4.69, 9.17) is 4.74 Å². The molecule has 2 saturated heterocycles. The monoisotopic (exact) mass is 170 g/mol. The molecule has 3 nitrogen and oxygen atoms in total. The largest absolute Gasteiger partial charge is 0.390 e. The Kier molecular flexibility index (Phi) is 1.43. The molecule has 2 rings (SSSR count). The summed E-state index contributed by atoms with van der Waals surface area (Å²) in [5.41, 5.74) is -1.21. The Morgan fingerprint density at radius 2 is 2.25 bits per heavy atom. The lowest BCUT2D eigenvalue weighted by atomic mass is 9.92. The molecular weight excluding hydrogens is 156 g/mol. The minimum Gasteiger partial charge on any atom is -0.390 e. The normalized spacial score (nSPS) is 52.9. The molecule has 3 heteroatoms. The molecule has 0 aromatic heterocycles. The van der Waals surface area contributed by atoms with Crippen molar-refractivity contribution in [1.29, 1.82) is 0 Å². The Hall–Kier alpha value is -0.410. The second kappa shape index (κ2) is 2.09. The highest BCUT2D eigenvalue weighted by molar-refractivity contribution is 5.90. The lowest BCUT2D eigenvalue weighted by molar-refractivity contribution is -0.180. The van der Waals surface area contributed by atoms with E-state index in [1.54, 1.807) is 0 Å². The first kappa shape index (κ1) is 8.20. The van der Waals surface area contributed by atoms with E-state index in [0.717, 1.165) is 0 Å². The summed E-state index contributed by atoms with van der Waals surface area (Å²) < 4.78 is 5.60. The van der Waals surface area contributed by atoms with Crippen molar-refractivity contribution in [2.75, 3.05) is 0 Å². The van der Waals surface area contributed by atoms with E-state index in [1.807, 2.05) is 13.8 Å². The topological polar surface area (TPSA) is 46.5 Å². The number of rotatable bonds is 0. The van der Waals surface area contributed by atoms with Gasteiger partial charge in [-0.3, -0.25) is 4.79 Å². The number of ether oxygens (including phenoxy) is 1. The summed E-state index contributed by atoms with van der Waals surface area (Å²) >= 11 is 0. The van der Waals surface area contributed by atoms with Crippen LogP contribution in [0.4, 0.5) is 0 Å². The molecule has 12 heavy (non-hydrogen) atoms. The van der Waals surface area contributed by atoms with Crippen molar-refractivity contribution < 1.29 is 14.6 Å². The molecule has 0 saturated carbocycles. The van der Waals surface area contributed by atoms with Crippen LogP contribution in [0.2, 0.25) is 0 Å². The van der Waals surface area contributed by atoms with Crippen LogP contribution in [-0.2, 0) is 9.53 Å². The van der Waals surface area contributed by atoms with E-state index < -0.39 is 17.3 Å². The molecule has 1 N–H and O–H groups in total. The van der Waals surface area contributed by atoms with Crippen LogP contribution in [0, 0.1) is 0 Å². The molecule has 68 valence electrons. The van der Waals surface area contributed by atoms with Crippen LogP contribution < -0.4 is 0 Å². The molecule has 0 aromatic carbocycles. The number of hydrogen-bond donors (Lipinski definition) is 1. The third-order valence-electron chi connectivity index (χ3n) is 3.16. The predicted octanol–water partition coefficient (Wildman–Crippen LogP) is 0.648. The van der Waals surface area contributed by atoms with Crippen molar-refractivity contribution in [1.82, 2.24) is 0 Å². The van der Waals surface area contributed by atoms with Gasteiger partial charge in [-0.2, -0.15) is 0 Å². The first-order valence-corrected chi connectivity index (χ1v) is 4.38. The first-order chi connectivity index (χ1) is 5.46. The number of aliphatic hydroxyl groups is 1. The van der Waals surface area contributed by atoms with Crippen molar-refractivity contribution in [2.45, 2.75) is 50.4 Å². The van der Waals surface area contributed by atoms with Gasteiger partial charge in [0.2, 0.25) is 0 Å². The number of fused-ring (bicyclic) bond motifs is 2. The lowest BCUT2D eigenvalue weighted by Crippen LogP contribution is -2.47. The quantitative estimate of drug-likeness (QED) is 0.580. The fourth-order valence-electron chi connectivity index (χ4n) is 2.21. The second-order valence-electron chi connectivity index (χ2n) is 4.30. The zero-order valence-corrected chi connectivity index (χ0v) is 7.46. The Balaban J connectivity index is 2.34. The highest BCUT2D eigenvalue weighted by Gasteiger charge is 2.57. The zero-order valence-electron chi connectivity index (χ0n) is 7.46. The maximum absolute atomic E-state index is 11.5. The van der Waals surface area contributed by atoms with Crippen LogP contribution in [-0.4, -0.2) is 28.2 Å². The molecule has 2 fully saturated rings. The van der Waals surface area contributed by atoms with Crippen molar-refractivity contribution >= 4 is 5.78 Å². The molecule has 0 amide bonds. The van der Waals surface area contributed by atoms with Gasteiger partial charge in [0, 0.05) is 6.42 Å². The highest BCUT2D eigenvalue weighted by atomic mass is 16.5. The summed E-state index contributed by atoms with van der Waals surface area (Å²) in [6.45, 7) is 3.65. The number of ketones is 1. The van der Waals surface area contributed by atoms with Gasteiger partial charge in [-0.25, -0.2) is 0 Å². The number of carbonyl (C=O) groups is 1. The molecule has 0 radical (unpaired) electrons. The van der Waals surface area contributed by atoms with E-state index in [1.165, 1.54) is 0 Å². The predicted molar refractivity (Wildman–Crippen MR) is 42.8 cm³/mol. The summed E-state index contributed by atoms with van der Waals surface area (Å²) in [5, 5.41) is 9.61. The van der Waals surface area contributed by atoms with E-state index in [0.29, 0.717) is 19.3 Å². The third kappa shape index (κ3) is 0.866. The molecule has 2 bridgehead atoms. The SMILES string of the molecule is C[C@@]12CC[C@H](O)[C@@](C)(CC1=O)O2. The van der Waals surface area contributed by atoms with Gasteiger partial charge >= 0.3 is 0 Å². The first-order valence-electron chi connectivity index (χ1n) is 4.38. The highest BCUT2D eigenvalue weighted by Crippen LogP contribution is 2.45. The van der Waals surface area contributed by atoms with Crippen molar-refractivity contribution in [3.8, 4) is 0 Å². The Labute approximate surface area is 71.7 Å². The average molecular weight is 170 g/mol. The molecule has 0 spiro atoms. The summed E-state index contributed by atoms with van der Waals surface area (Å²) in [7, 11) is 0. The van der Waals surface area contributed by atoms with Gasteiger partial charge in [0.15, 0.2) is 5.78 Å². The molecule has 0 aromatic rings. The van der Waals surface area contributed by atoms with Gasteiger partial charge in [-0.1, -0.05) is 0 Å². The van der Waals surface area contributed by atoms with E-state index in [-0.39, 0.29) is 5.78 Å². The second-order valence-corrected chi connectivity index (χ2v) is 4.30. The molecule has 2 aliphatic rings. The Morgan fingerprint density at radius 1 is 1.58 bits per heavy atom. The van der Waals surface area contributed by atoms with Gasteiger partial charge in [-0.05, 0) is 26.7 Å². The summed E-state index contributed by atoms with van der Waals surface area (Å²) in [6, 6.07) is 0. The number of aliphatic hydroxyl groups excluding tert-OH is 1. The molecule has 0 unspecified atom stereocenters. The van der Waals surface area contributed by atoms with Crippen LogP contribution >= 0.6 is 0 Å². The van der Waals surface area contributed by atoms with E-state index in [9.17, 15) is 9.90 Å². The summed E-state index contributed by atoms with van der Waals surface area (Å²) in [6.07, 6.45) is 1.23. The van der Waals surface area contributed by atoms with Crippen LogP contribution in [0.15, 0.2) is 0 Å².